The van der Waals surface area contributed by atoms with Crippen LogP contribution in [0.5, 0.6) is 0 Å². The second-order valence-electron chi connectivity index (χ2n) is 6.76. The minimum Gasteiger partial charge on any atom is -0.352 e. The number of nitrogens with two attached hydrogens (primary N) is 1. The van der Waals surface area contributed by atoms with Crippen molar-refractivity contribution in [2.24, 2.45) is 5.73 Å². The average molecular weight is 428 g/mol. The summed E-state index contributed by atoms with van der Waals surface area (Å²) in [5.74, 6) is 0.137. The van der Waals surface area contributed by atoms with Crippen LogP contribution in [-0.4, -0.2) is 33.4 Å². The number of urea groups is 1. The molecule has 0 aliphatic rings. The third-order valence-electron chi connectivity index (χ3n) is 4.69. The number of aromatic nitrogens is 2. The lowest BCUT2D eigenvalue weighted by Crippen LogP contribution is -2.38. The van der Waals surface area contributed by atoms with Gasteiger partial charge < -0.3 is 20.9 Å². The van der Waals surface area contributed by atoms with Gasteiger partial charge in [0, 0.05) is 11.6 Å². The summed E-state index contributed by atoms with van der Waals surface area (Å²) in [6.07, 6.45) is 0.0183. The van der Waals surface area contributed by atoms with Gasteiger partial charge in [-0.25, -0.2) is 9.78 Å². The number of hydrogen-bond donors (Lipinski definition) is 3. The van der Waals surface area contributed by atoms with Crippen molar-refractivity contribution in [3.8, 4) is 0 Å². The van der Waals surface area contributed by atoms with Crippen LogP contribution in [0.4, 0.5) is 4.79 Å². The van der Waals surface area contributed by atoms with E-state index in [-0.39, 0.29) is 24.4 Å². The Kier molecular flexibility index (Phi) is 6.68. The summed E-state index contributed by atoms with van der Waals surface area (Å²) in [6.45, 7) is 2.34. The number of benzene rings is 2. The van der Waals surface area contributed by atoms with Gasteiger partial charge in [0.1, 0.15) is 5.82 Å². The highest BCUT2D eigenvalue weighted by Crippen LogP contribution is 2.19. The van der Waals surface area contributed by atoms with Gasteiger partial charge in [0.25, 0.3) is 5.56 Å². The highest BCUT2D eigenvalue weighted by atomic mass is 35.5. The van der Waals surface area contributed by atoms with E-state index < -0.39 is 12.1 Å². The number of hydrogen-bond acceptors (Lipinski definition) is 4. The van der Waals surface area contributed by atoms with Crippen LogP contribution < -0.4 is 16.6 Å². The molecule has 3 amide bonds. The maximum Gasteiger partial charge on any atom is 0.312 e. The van der Waals surface area contributed by atoms with E-state index in [2.05, 4.69) is 15.3 Å². The lowest BCUT2D eigenvalue weighted by Gasteiger charge is -2.24. The van der Waals surface area contributed by atoms with Crippen LogP contribution >= 0.6 is 11.6 Å². The molecular formula is C21H22ClN5O3. The number of H-pyrrole nitrogens is 1. The molecule has 8 nitrogen and oxygen atoms in total. The summed E-state index contributed by atoms with van der Waals surface area (Å²) in [4.78, 5) is 45.4. The van der Waals surface area contributed by atoms with Gasteiger partial charge in [-0.2, -0.15) is 0 Å². The molecule has 0 saturated heterocycles. The van der Waals surface area contributed by atoms with E-state index in [1.165, 1.54) is 0 Å². The van der Waals surface area contributed by atoms with Crippen LogP contribution in [0, 0.1) is 0 Å². The lowest BCUT2D eigenvalue weighted by atomic mass is 10.0. The number of halogens is 1. The zero-order valence-electron chi connectivity index (χ0n) is 16.4. The average Bonchev–Trinajstić information content (AvgIpc) is 2.71. The molecule has 0 radical (unpaired) electrons. The Bertz CT molecular complexity index is 1120. The second-order valence-corrected chi connectivity index (χ2v) is 7.19. The van der Waals surface area contributed by atoms with E-state index in [1.54, 1.807) is 23.1 Å². The number of nitrogens with zero attached hydrogens (tertiary/aromatic N) is 2. The molecule has 1 unspecified atom stereocenters. The highest BCUT2D eigenvalue weighted by molar-refractivity contribution is 6.31. The fraction of sp³-hybridized carbons (Fsp3) is 0.238. The van der Waals surface area contributed by atoms with E-state index >= 15 is 0 Å². The van der Waals surface area contributed by atoms with E-state index in [4.69, 9.17) is 17.3 Å². The first-order valence-corrected chi connectivity index (χ1v) is 9.82. The predicted molar refractivity (Wildman–Crippen MR) is 115 cm³/mol. The van der Waals surface area contributed by atoms with Gasteiger partial charge >= 0.3 is 6.03 Å². The second kappa shape index (κ2) is 9.41. The van der Waals surface area contributed by atoms with E-state index in [9.17, 15) is 14.4 Å². The SMILES string of the molecule is CCN(Cc1nc2cc(Cl)ccc2c(=O)[nH]1)C(=O)CC(NC(N)=O)c1ccccc1. The number of aromatic amines is 1. The highest BCUT2D eigenvalue weighted by Gasteiger charge is 2.21. The van der Waals surface area contributed by atoms with Crippen molar-refractivity contribution in [3.63, 3.8) is 0 Å². The number of primary amides is 1. The molecule has 1 heterocycles. The minimum atomic E-state index is -0.711. The standard InChI is InChI=1S/C21H22ClN5O3/c1-2-27(12-18-24-17-10-14(22)8-9-15(17)20(29)26-18)19(28)11-16(25-21(23)30)13-6-4-3-5-7-13/h3-10,16H,2,11-12H2,1H3,(H3,23,25,30)(H,24,26,29). The first-order chi connectivity index (χ1) is 14.4. The molecule has 3 rings (SSSR count). The lowest BCUT2D eigenvalue weighted by molar-refractivity contribution is -0.132. The molecule has 0 fully saturated rings. The Morgan fingerprint density at radius 3 is 2.63 bits per heavy atom. The zero-order valence-corrected chi connectivity index (χ0v) is 17.1. The Labute approximate surface area is 178 Å². The summed E-state index contributed by atoms with van der Waals surface area (Å²) in [7, 11) is 0. The van der Waals surface area contributed by atoms with Crippen LogP contribution in [0.25, 0.3) is 10.9 Å². The van der Waals surface area contributed by atoms with Gasteiger partial charge in [0.05, 0.1) is 29.9 Å². The zero-order chi connectivity index (χ0) is 21.7. The van der Waals surface area contributed by atoms with Crippen molar-refractivity contribution < 1.29 is 9.59 Å². The topological polar surface area (TPSA) is 121 Å². The maximum atomic E-state index is 12.9. The van der Waals surface area contributed by atoms with Crippen LogP contribution in [0.3, 0.4) is 0 Å². The number of fused-ring (bicyclic) bond motifs is 1. The third kappa shape index (κ3) is 5.15. The van der Waals surface area contributed by atoms with Gasteiger partial charge in [-0.15, -0.1) is 0 Å². The van der Waals surface area contributed by atoms with E-state index in [0.29, 0.717) is 28.3 Å². The van der Waals surface area contributed by atoms with Crippen molar-refractivity contribution in [2.45, 2.75) is 25.9 Å². The molecule has 156 valence electrons. The van der Waals surface area contributed by atoms with Gasteiger partial charge in [0.2, 0.25) is 5.91 Å². The fourth-order valence-electron chi connectivity index (χ4n) is 3.21. The summed E-state index contributed by atoms with van der Waals surface area (Å²) >= 11 is 6.00. The largest absolute Gasteiger partial charge is 0.352 e. The minimum absolute atomic E-state index is 0.0183. The number of carbonyl (C=O) groups excluding carboxylic acids is 2. The summed E-state index contributed by atoms with van der Waals surface area (Å²) < 4.78 is 0. The number of rotatable bonds is 7. The Morgan fingerprint density at radius 1 is 1.23 bits per heavy atom. The van der Waals surface area contributed by atoms with Gasteiger partial charge in [-0.05, 0) is 30.7 Å². The molecule has 4 N–H and O–H groups in total. The first kappa shape index (κ1) is 21.3. The van der Waals surface area contributed by atoms with Crippen molar-refractivity contribution in [2.75, 3.05) is 6.54 Å². The van der Waals surface area contributed by atoms with Gasteiger partial charge in [-0.3, -0.25) is 9.59 Å². The monoisotopic (exact) mass is 427 g/mol. The van der Waals surface area contributed by atoms with Crippen molar-refractivity contribution in [3.05, 3.63) is 75.3 Å². The number of carbonyl (C=O) groups is 2. The summed E-state index contributed by atoms with van der Waals surface area (Å²) in [5, 5.41) is 3.51. The molecule has 0 saturated carbocycles. The van der Waals surface area contributed by atoms with E-state index in [1.807, 2.05) is 37.3 Å². The molecule has 3 aromatic rings. The summed E-state index contributed by atoms with van der Waals surface area (Å²) in [5.41, 5.74) is 6.22. The molecule has 0 bridgehead atoms. The molecule has 0 aliphatic heterocycles. The fourth-order valence-corrected chi connectivity index (χ4v) is 3.37. The molecule has 9 heteroatoms. The summed E-state index contributed by atoms with van der Waals surface area (Å²) in [6, 6.07) is 12.7. The number of amides is 3. The molecule has 1 atom stereocenters. The third-order valence-corrected chi connectivity index (χ3v) is 4.92. The van der Waals surface area contributed by atoms with E-state index in [0.717, 1.165) is 5.56 Å². The van der Waals surface area contributed by atoms with Crippen molar-refractivity contribution in [1.29, 1.82) is 0 Å². The van der Waals surface area contributed by atoms with Crippen LogP contribution in [0.1, 0.15) is 30.8 Å². The molecular weight excluding hydrogens is 406 g/mol. The molecule has 30 heavy (non-hydrogen) atoms. The first-order valence-electron chi connectivity index (χ1n) is 9.44. The van der Waals surface area contributed by atoms with Gasteiger partial charge in [0.15, 0.2) is 0 Å². The van der Waals surface area contributed by atoms with Crippen LogP contribution in [0.15, 0.2) is 53.3 Å². The Morgan fingerprint density at radius 2 is 1.97 bits per heavy atom. The molecule has 0 spiro atoms. The maximum absolute atomic E-state index is 12.9. The Balaban J connectivity index is 1.81. The molecule has 0 aliphatic carbocycles. The number of nitrogens with one attached hydrogen (secondary N) is 2. The molecule has 1 aromatic heterocycles. The smallest absolute Gasteiger partial charge is 0.312 e. The predicted octanol–water partition coefficient (Wildman–Crippen LogP) is 2.72. The van der Waals surface area contributed by atoms with Crippen molar-refractivity contribution in [1.82, 2.24) is 20.2 Å². The van der Waals surface area contributed by atoms with Crippen LogP contribution in [0.2, 0.25) is 5.02 Å². The molecule has 2 aromatic carbocycles. The Hall–Kier alpha value is -3.39. The van der Waals surface area contributed by atoms with Gasteiger partial charge in [-0.1, -0.05) is 41.9 Å². The van der Waals surface area contributed by atoms with Crippen molar-refractivity contribution >= 4 is 34.4 Å². The normalized spacial score (nSPS) is 11.8. The quantitative estimate of drug-likeness (QED) is 0.536. The van der Waals surface area contributed by atoms with Crippen LogP contribution in [-0.2, 0) is 11.3 Å².